The van der Waals surface area contributed by atoms with Crippen LogP contribution in [0.4, 0.5) is 0 Å². The van der Waals surface area contributed by atoms with Gasteiger partial charge in [-0.15, -0.1) is 0 Å². The smallest absolute Gasteiger partial charge is 0.193 e. The molecule has 14 heavy (non-hydrogen) atoms. The average molecular weight is 216 g/mol. The van der Waals surface area contributed by atoms with Gasteiger partial charge in [-0.1, -0.05) is 13.8 Å². The maximum atomic E-state index is 5.68. The van der Waals surface area contributed by atoms with Crippen LogP contribution in [-0.4, -0.2) is 5.54 Å². The normalized spacial score (nSPS) is 12.0. The SMILES string of the molecule is CCC(C)(CC)NCc1ccc(Cl)o1. The molecule has 0 spiro atoms. The van der Waals surface area contributed by atoms with Gasteiger partial charge in [-0.25, -0.2) is 0 Å². The minimum Gasteiger partial charge on any atom is -0.448 e. The van der Waals surface area contributed by atoms with E-state index < -0.39 is 0 Å². The first kappa shape index (κ1) is 11.6. The Morgan fingerprint density at radius 1 is 1.36 bits per heavy atom. The number of furan rings is 1. The lowest BCUT2D eigenvalue weighted by Gasteiger charge is -2.27. The molecule has 0 saturated heterocycles. The first-order chi connectivity index (χ1) is 6.59. The number of halogens is 1. The Labute approximate surface area is 90.6 Å². The summed E-state index contributed by atoms with van der Waals surface area (Å²) in [6.45, 7) is 7.33. The summed E-state index contributed by atoms with van der Waals surface area (Å²) in [5.41, 5.74) is 0.194. The van der Waals surface area contributed by atoms with Gasteiger partial charge in [0.25, 0.3) is 0 Å². The summed E-state index contributed by atoms with van der Waals surface area (Å²) in [5, 5.41) is 3.93. The zero-order valence-electron chi connectivity index (χ0n) is 9.06. The van der Waals surface area contributed by atoms with Crippen LogP contribution < -0.4 is 5.32 Å². The van der Waals surface area contributed by atoms with Crippen molar-refractivity contribution in [3.05, 3.63) is 23.1 Å². The third-order valence-corrected chi connectivity index (χ3v) is 3.08. The topological polar surface area (TPSA) is 25.2 Å². The van der Waals surface area contributed by atoms with Gasteiger partial charge in [-0.05, 0) is 43.5 Å². The molecule has 0 aliphatic heterocycles. The summed E-state index contributed by atoms with van der Waals surface area (Å²) >= 11 is 5.68. The van der Waals surface area contributed by atoms with Gasteiger partial charge in [-0.3, -0.25) is 0 Å². The first-order valence-corrected chi connectivity index (χ1v) is 5.46. The Morgan fingerprint density at radius 2 is 2.00 bits per heavy atom. The second-order valence-corrected chi connectivity index (χ2v) is 4.20. The Bertz CT molecular complexity index is 279. The van der Waals surface area contributed by atoms with Gasteiger partial charge in [0.05, 0.1) is 6.54 Å². The van der Waals surface area contributed by atoms with E-state index >= 15 is 0 Å². The lowest BCUT2D eigenvalue weighted by molar-refractivity contribution is 0.314. The highest BCUT2D eigenvalue weighted by atomic mass is 35.5. The van der Waals surface area contributed by atoms with Crippen LogP contribution in [-0.2, 0) is 6.54 Å². The number of rotatable bonds is 5. The van der Waals surface area contributed by atoms with Crippen LogP contribution in [0.2, 0.25) is 5.22 Å². The molecule has 1 aromatic heterocycles. The predicted octanol–water partition coefficient (Wildman–Crippen LogP) is 3.60. The fourth-order valence-electron chi connectivity index (χ4n) is 1.25. The van der Waals surface area contributed by atoms with Crippen LogP contribution in [0.15, 0.2) is 16.5 Å². The number of hydrogen-bond acceptors (Lipinski definition) is 2. The Hall–Kier alpha value is -0.470. The molecule has 0 bridgehead atoms. The molecule has 1 N–H and O–H groups in total. The van der Waals surface area contributed by atoms with Crippen LogP contribution in [0.5, 0.6) is 0 Å². The van der Waals surface area contributed by atoms with Crippen molar-refractivity contribution in [1.82, 2.24) is 5.32 Å². The third kappa shape index (κ3) is 3.03. The quantitative estimate of drug-likeness (QED) is 0.812. The van der Waals surface area contributed by atoms with E-state index in [0.29, 0.717) is 5.22 Å². The second-order valence-electron chi connectivity index (χ2n) is 3.83. The molecule has 0 aliphatic rings. The van der Waals surface area contributed by atoms with E-state index in [4.69, 9.17) is 16.0 Å². The molecule has 1 heterocycles. The molecule has 2 nitrogen and oxygen atoms in total. The molecule has 0 aromatic carbocycles. The lowest BCUT2D eigenvalue weighted by Crippen LogP contribution is -2.40. The Morgan fingerprint density at radius 3 is 2.43 bits per heavy atom. The van der Waals surface area contributed by atoms with E-state index in [1.54, 1.807) is 6.07 Å². The van der Waals surface area contributed by atoms with Gasteiger partial charge in [-0.2, -0.15) is 0 Å². The fourth-order valence-corrected chi connectivity index (χ4v) is 1.41. The van der Waals surface area contributed by atoms with E-state index in [0.717, 1.165) is 25.1 Å². The molecular weight excluding hydrogens is 198 g/mol. The minimum atomic E-state index is 0.194. The third-order valence-electron chi connectivity index (χ3n) is 2.88. The number of nitrogens with one attached hydrogen (secondary N) is 1. The maximum Gasteiger partial charge on any atom is 0.193 e. The maximum absolute atomic E-state index is 5.68. The van der Waals surface area contributed by atoms with E-state index in [-0.39, 0.29) is 5.54 Å². The molecule has 0 saturated carbocycles. The molecular formula is C11H18ClNO. The van der Waals surface area contributed by atoms with E-state index in [9.17, 15) is 0 Å². The summed E-state index contributed by atoms with van der Waals surface area (Å²) in [7, 11) is 0. The van der Waals surface area contributed by atoms with Gasteiger partial charge >= 0.3 is 0 Å². The van der Waals surface area contributed by atoms with Crippen molar-refractivity contribution in [2.75, 3.05) is 0 Å². The monoisotopic (exact) mass is 215 g/mol. The van der Waals surface area contributed by atoms with E-state index in [1.165, 1.54) is 0 Å². The van der Waals surface area contributed by atoms with Crippen molar-refractivity contribution in [2.24, 2.45) is 0 Å². The largest absolute Gasteiger partial charge is 0.448 e. The second kappa shape index (κ2) is 4.85. The molecule has 0 aliphatic carbocycles. The highest BCUT2D eigenvalue weighted by Crippen LogP contribution is 2.17. The standard InChI is InChI=1S/C11H18ClNO/c1-4-11(3,5-2)13-8-9-6-7-10(12)14-9/h6-7,13H,4-5,8H2,1-3H3. The average Bonchev–Trinajstić information content (AvgIpc) is 2.61. The van der Waals surface area contributed by atoms with Crippen LogP contribution in [0.1, 0.15) is 39.4 Å². The van der Waals surface area contributed by atoms with Crippen molar-refractivity contribution in [3.63, 3.8) is 0 Å². The molecule has 0 atom stereocenters. The van der Waals surface area contributed by atoms with Crippen molar-refractivity contribution in [2.45, 2.75) is 45.7 Å². The predicted molar refractivity (Wildman–Crippen MR) is 59.5 cm³/mol. The Balaban J connectivity index is 2.47. The highest BCUT2D eigenvalue weighted by Gasteiger charge is 2.18. The zero-order chi connectivity index (χ0) is 10.6. The summed E-state index contributed by atoms with van der Waals surface area (Å²) < 4.78 is 5.27. The zero-order valence-corrected chi connectivity index (χ0v) is 9.82. The Kier molecular flexibility index (Phi) is 4.02. The van der Waals surface area contributed by atoms with E-state index in [2.05, 4.69) is 26.1 Å². The molecule has 0 radical (unpaired) electrons. The fraction of sp³-hybridized carbons (Fsp3) is 0.636. The van der Waals surface area contributed by atoms with Gasteiger partial charge in [0.1, 0.15) is 5.76 Å². The van der Waals surface area contributed by atoms with Gasteiger partial charge in [0.15, 0.2) is 5.22 Å². The van der Waals surface area contributed by atoms with Crippen molar-refractivity contribution in [1.29, 1.82) is 0 Å². The van der Waals surface area contributed by atoms with Crippen molar-refractivity contribution in [3.8, 4) is 0 Å². The molecule has 1 aromatic rings. The lowest BCUT2D eigenvalue weighted by atomic mass is 9.95. The van der Waals surface area contributed by atoms with Crippen molar-refractivity contribution >= 4 is 11.6 Å². The van der Waals surface area contributed by atoms with Gasteiger partial charge in [0.2, 0.25) is 0 Å². The summed E-state index contributed by atoms with van der Waals surface area (Å²) in [6, 6.07) is 3.68. The summed E-state index contributed by atoms with van der Waals surface area (Å²) in [4.78, 5) is 0. The van der Waals surface area contributed by atoms with Gasteiger partial charge in [0, 0.05) is 5.54 Å². The van der Waals surface area contributed by atoms with Crippen LogP contribution in [0, 0.1) is 0 Å². The molecule has 80 valence electrons. The summed E-state index contributed by atoms with van der Waals surface area (Å²) in [5.74, 6) is 0.892. The van der Waals surface area contributed by atoms with E-state index in [1.807, 2.05) is 6.07 Å². The van der Waals surface area contributed by atoms with Crippen LogP contribution in [0.3, 0.4) is 0 Å². The molecule has 0 unspecified atom stereocenters. The first-order valence-electron chi connectivity index (χ1n) is 5.09. The molecule has 0 amide bonds. The minimum absolute atomic E-state index is 0.194. The molecule has 0 fully saturated rings. The van der Waals surface area contributed by atoms with Gasteiger partial charge < -0.3 is 9.73 Å². The summed E-state index contributed by atoms with van der Waals surface area (Å²) in [6.07, 6.45) is 2.22. The van der Waals surface area contributed by atoms with Crippen LogP contribution >= 0.6 is 11.6 Å². The van der Waals surface area contributed by atoms with Crippen molar-refractivity contribution < 1.29 is 4.42 Å². The number of hydrogen-bond donors (Lipinski definition) is 1. The highest BCUT2D eigenvalue weighted by molar-refractivity contribution is 6.28. The van der Waals surface area contributed by atoms with Crippen LogP contribution in [0.25, 0.3) is 0 Å². The molecule has 3 heteroatoms. The molecule has 1 rings (SSSR count).